The van der Waals surface area contributed by atoms with Gasteiger partial charge in [0.1, 0.15) is 19.6 Å². The van der Waals surface area contributed by atoms with E-state index in [-0.39, 0.29) is 17.0 Å². The number of rotatable bonds is 4. The molecule has 0 saturated carbocycles. The van der Waals surface area contributed by atoms with Crippen molar-refractivity contribution in [3.8, 4) is 24.2 Å². The first-order valence-corrected chi connectivity index (χ1v) is 5.60. The molecule has 0 bridgehead atoms. The molecule has 0 saturated heterocycles. The Balaban J connectivity index is 0.00000289. The second-order valence-electron chi connectivity index (χ2n) is 4.31. The summed E-state index contributed by atoms with van der Waals surface area (Å²) >= 11 is 0. The molecule has 1 nitrogen and oxygen atoms in total. The van der Waals surface area contributed by atoms with Crippen LogP contribution in [0.5, 0.6) is 0 Å². The van der Waals surface area contributed by atoms with Gasteiger partial charge in [0.2, 0.25) is 0 Å². The summed E-state index contributed by atoms with van der Waals surface area (Å²) < 4.78 is 0.737. The molecule has 1 aromatic carbocycles. The maximum absolute atomic E-state index is 5.44. The van der Waals surface area contributed by atoms with E-state index in [1.807, 2.05) is 18.2 Å². The molecule has 94 valence electrons. The molecule has 0 aromatic heterocycles. The van der Waals surface area contributed by atoms with Crippen molar-refractivity contribution in [2.24, 2.45) is 0 Å². The van der Waals surface area contributed by atoms with E-state index >= 15 is 0 Å². The largest absolute Gasteiger partial charge is 1.00 e. The van der Waals surface area contributed by atoms with Crippen LogP contribution in [0.25, 0.3) is 0 Å². The Morgan fingerprint density at radius 3 is 2.50 bits per heavy atom. The monoisotopic (exact) mass is 303 g/mol. The summed E-state index contributed by atoms with van der Waals surface area (Å²) in [5.74, 6) is 8.70. The molecule has 1 rings (SSSR count). The van der Waals surface area contributed by atoms with Gasteiger partial charge in [0.15, 0.2) is 0 Å². The summed E-state index contributed by atoms with van der Waals surface area (Å²) in [6.45, 7) is 5.91. The Morgan fingerprint density at radius 1 is 1.28 bits per heavy atom. The SMILES string of the molecule is C#CC[N+](C)(CC#CC=C)Cc1ccccc1.[Br-]. The average Bonchev–Trinajstić information content (AvgIpc) is 2.31. The number of hydrogen-bond acceptors (Lipinski definition) is 0. The molecular formula is C16H18BrN. The van der Waals surface area contributed by atoms with Crippen LogP contribution < -0.4 is 17.0 Å². The van der Waals surface area contributed by atoms with Gasteiger partial charge < -0.3 is 21.5 Å². The third kappa shape index (κ3) is 5.73. The molecule has 1 unspecified atom stereocenters. The molecule has 0 heterocycles. The summed E-state index contributed by atoms with van der Waals surface area (Å²) in [4.78, 5) is 0. The second-order valence-corrected chi connectivity index (χ2v) is 4.31. The Hall–Kier alpha value is -1.48. The van der Waals surface area contributed by atoms with Gasteiger partial charge >= 0.3 is 0 Å². The topological polar surface area (TPSA) is 0 Å². The summed E-state index contributed by atoms with van der Waals surface area (Å²) in [7, 11) is 2.13. The minimum absolute atomic E-state index is 0. The quantitative estimate of drug-likeness (QED) is 0.518. The maximum Gasteiger partial charge on any atom is 0.142 e. The summed E-state index contributed by atoms with van der Waals surface area (Å²) in [6.07, 6.45) is 7.05. The van der Waals surface area contributed by atoms with Crippen LogP contribution in [-0.4, -0.2) is 24.6 Å². The van der Waals surface area contributed by atoms with E-state index in [1.165, 1.54) is 5.56 Å². The van der Waals surface area contributed by atoms with Crippen molar-refractivity contribution in [1.29, 1.82) is 0 Å². The normalized spacial score (nSPS) is 12.0. The highest BCUT2D eigenvalue weighted by molar-refractivity contribution is 5.15. The first kappa shape index (κ1) is 16.5. The Morgan fingerprint density at radius 2 is 1.94 bits per heavy atom. The summed E-state index contributed by atoms with van der Waals surface area (Å²) in [6, 6.07) is 10.4. The fraction of sp³-hybridized carbons (Fsp3) is 0.250. The number of nitrogens with zero attached hydrogens (tertiary/aromatic N) is 1. The van der Waals surface area contributed by atoms with E-state index in [9.17, 15) is 0 Å². The number of hydrogen-bond donors (Lipinski definition) is 0. The van der Waals surface area contributed by atoms with Gasteiger partial charge in [-0.05, 0) is 17.9 Å². The van der Waals surface area contributed by atoms with Crippen molar-refractivity contribution in [3.05, 3.63) is 48.6 Å². The zero-order valence-electron chi connectivity index (χ0n) is 10.7. The first-order valence-electron chi connectivity index (χ1n) is 5.60. The van der Waals surface area contributed by atoms with E-state index in [0.29, 0.717) is 6.54 Å². The van der Waals surface area contributed by atoms with E-state index in [0.717, 1.165) is 17.6 Å². The van der Waals surface area contributed by atoms with Gasteiger partial charge in [-0.3, -0.25) is 0 Å². The number of halogens is 1. The van der Waals surface area contributed by atoms with Gasteiger partial charge in [0.05, 0.1) is 7.05 Å². The number of allylic oxidation sites excluding steroid dienone is 1. The molecule has 2 heteroatoms. The van der Waals surface area contributed by atoms with Gasteiger partial charge in [-0.2, -0.15) is 0 Å². The minimum Gasteiger partial charge on any atom is -1.00 e. The van der Waals surface area contributed by atoms with E-state index in [1.54, 1.807) is 6.08 Å². The highest BCUT2D eigenvalue weighted by Gasteiger charge is 2.19. The molecule has 0 aliphatic heterocycles. The maximum atomic E-state index is 5.44. The van der Waals surface area contributed by atoms with Crippen LogP contribution in [0.4, 0.5) is 0 Å². The molecule has 0 spiro atoms. The predicted octanol–water partition coefficient (Wildman–Crippen LogP) is -0.540. The molecule has 0 amide bonds. The molecule has 1 atom stereocenters. The molecule has 0 aliphatic rings. The van der Waals surface area contributed by atoms with Gasteiger partial charge in [0, 0.05) is 5.56 Å². The number of terminal acetylenes is 1. The van der Waals surface area contributed by atoms with Crippen LogP contribution in [0.3, 0.4) is 0 Å². The van der Waals surface area contributed by atoms with E-state index in [4.69, 9.17) is 6.42 Å². The van der Waals surface area contributed by atoms with Crippen molar-refractivity contribution in [1.82, 2.24) is 0 Å². The lowest BCUT2D eigenvalue weighted by Crippen LogP contribution is -3.00. The lowest BCUT2D eigenvalue weighted by Gasteiger charge is -2.30. The van der Waals surface area contributed by atoms with Crippen LogP contribution >= 0.6 is 0 Å². The van der Waals surface area contributed by atoms with Crippen molar-refractivity contribution >= 4 is 0 Å². The van der Waals surface area contributed by atoms with Gasteiger partial charge in [-0.15, -0.1) is 6.42 Å². The zero-order valence-corrected chi connectivity index (χ0v) is 12.3. The lowest BCUT2D eigenvalue weighted by atomic mass is 10.2. The van der Waals surface area contributed by atoms with Crippen LogP contribution in [0.1, 0.15) is 5.56 Å². The van der Waals surface area contributed by atoms with Gasteiger partial charge in [-0.25, -0.2) is 0 Å². The van der Waals surface area contributed by atoms with Crippen molar-refractivity contribution in [2.45, 2.75) is 6.54 Å². The standard InChI is InChI=1S/C16H18N.BrH/c1-4-6-10-14-17(3,13-5-2)15-16-11-8-7-9-12-16;/h2,4,7-9,11-12H,1,13-15H2,3H3;1H/q+1;/p-1. The van der Waals surface area contributed by atoms with Crippen molar-refractivity contribution < 1.29 is 21.5 Å². The fourth-order valence-electron chi connectivity index (χ4n) is 1.72. The average molecular weight is 304 g/mol. The van der Waals surface area contributed by atoms with Crippen molar-refractivity contribution in [3.63, 3.8) is 0 Å². The first-order chi connectivity index (χ1) is 8.20. The van der Waals surface area contributed by atoms with Gasteiger partial charge in [-0.1, -0.05) is 42.8 Å². The molecule has 0 radical (unpaired) electrons. The third-order valence-corrected chi connectivity index (χ3v) is 2.55. The van der Waals surface area contributed by atoms with Crippen LogP contribution in [0, 0.1) is 24.2 Å². The summed E-state index contributed by atoms with van der Waals surface area (Å²) in [5, 5.41) is 0. The highest BCUT2D eigenvalue weighted by Crippen LogP contribution is 2.10. The molecule has 0 fully saturated rings. The minimum atomic E-state index is 0. The number of benzene rings is 1. The molecule has 0 aliphatic carbocycles. The van der Waals surface area contributed by atoms with Crippen LogP contribution in [0.2, 0.25) is 0 Å². The summed E-state index contributed by atoms with van der Waals surface area (Å²) in [5.41, 5.74) is 1.28. The number of quaternary nitrogens is 1. The van der Waals surface area contributed by atoms with Crippen LogP contribution in [0.15, 0.2) is 43.0 Å². The Kier molecular flexibility index (Phi) is 7.88. The molecule has 18 heavy (non-hydrogen) atoms. The van der Waals surface area contributed by atoms with Crippen LogP contribution in [-0.2, 0) is 6.54 Å². The molecule has 1 aromatic rings. The zero-order chi connectivity index (χ0) is 12.6. The smallest absolute Gasteiger partial charge is 0.142 e. The Bertz CT molecular complexity index is 461. The third-order valence-electron chi connectivity index (χ3n) is 2.55. The van der Waals surface area contributed by atoms with Crippen molar-refractivity contribution in [2.75, 3.05) is 20.1 Å². The van der Waals surface area contributed by atoms with E-state index < -0.39 is 0 Å². The fourth-order valence-corrected chi connectivity index (χ4v) is 1.72. The van der Waals surface area contributed by atoms with E-state index in [2.05, 4.69) is 43.5 Å². The highest BCUT2D eigenvalue weighted by atomic mass is 79.9. The second kappa shape index (κ2) is 8.59. The predicted molar refractivity (Wildman–Crippen MR) is 72.9 cm³/mol. The lowest BCUT2D eigenvalue weighted by molar-refractivity contribution is -0.909. The molecule has 0 N–H and O–H groups in total. The molecular weight excluding hydrogens is 286 g/mol. The van der Waals surface area contributed by atoms with Gasteiger partial charge in [0.25, 0.3) is 0 Å². The Labute approximate surface area is 121 Å².